The fraction of sp³-hybridized carbons (Fsp3) is 0.222. The van der Waals surface area contributed by atoms with Gasteiger partial charge in [-0.25, -0.2) is 14.2 Å². The predicted molar refractivity (Wildman–Crippen MR) is 111 cm³/mol. The smallest absolute Gasteiger partial charge is 0.328 e. The van der Waals surface area contributed by atoms with Crippen LogP contribution in [0, 0.1) is 0 Å². The summed E-state index contributed by atoms with van der Waals surface area (Å²) < 4.78 is 79.7. The average Bonchev–Trinajstić information content (AvgIpc) is 3.24. The van der Waals surface area contributed by atoms with Gasteiger partial charge in [-0.15, -0.1) is 0 Å². The summed E-state index contributed by atoms with van der Waals surface area (Å²) in [6, 6.07) is 7.53. The van der Waals surface area contributed by atoms with Gasteiger partial charge in [-0.1, -0.05) is 24.3 Å². The van der Waals surface area contributed by atoms with Crippen molar-refractivity contribution in [3.05, 3.63) is 54.6 Å². The lowest BCUT2D eigenvalue weighted by Gasteiger charge is -2.21. The van der Waals surface area contributed by atoms with Crippen molar-refractivity contribution >= 4 is 37.0 Å². The molecule has 0 aliphatic carbocycles. The Morgan fingerprint density at radius 1 is 1.09 bits per heavy atom. The Morgan fingerprint density at radius 2 is 1.59 bits per heavy atom. The van der Waals surface area contributed by atoms with E-state index in [2.05, 4.69) is 14.7 Å². The summed E-state index contributed by atoms with van der Waals surface area (Å²) >= 11 is 0. The topological polar surface area (TPSA) is 190 Å². The number of H-pyrrole nitrogens is 1. The van der Waals surface area contributed by atoms with E-state index in [0.717, 1.165) is 12.1 Å². The first-order valence-electron chi connectivity index (χ1n) is 8.70. The maximum Gasteiger partial charge on any atom is 0.328 e. The first-order chi connectivity index (χ1) is 14.8. The third-order valence-electron chi connectivity index (χ3n) is 4.29. The van der Waals surface area contributed by atoms with Gasteiger partial charge in [0.1, 0.15) is 22.0 Å². The Kier molecular flexibility index (Phi) is 7.69. The molecule has 3 rings (SSSR count). The number of rotatable bonds is 6. The van der Waals surface area contributed by atoms with E-state index in [4.69, 9.17) is 14.8 Å². The highest BCUT2D eigenvalue weighted by molar-refractivity contribution is 7.86. The molecule has 32 heavy (non-hydrogen) atoms. The first kappa shape index (κ1) is 25.4. The summed E-state index contributed by atoms with van der Waals surface area (Å²) in [4.78, 5) is 16.8. The molecule has 0 bridgehead atoms. The number of hydrogen-bond acceptors (Lipinski definition) is 8. The highest BCUT2D eigenvalue weighted by Gasteiger charge is 2.36. The molecule has 174 valence electrons. The maximum atomic E-state index is 12.6. The van der Waals surface area contributed by atoms with Crippen molar-refractivity contribution in [2.75, 3.05) is 13.8 Å². The molecule has 2 aromatic carbocycles. The number of imidazole rings is 1. The van der Waals surface area contributed by atoms with Crippen LogP contribution in [0.1, 0.15) is 5.69 Å². The molecule has 11 nitrogen and oxygen atoms in total. The summed E-state index contributed by atoms with van der Waals surface area (Å²) in [6.45, 7) is -0.974. The molecule has 0 spiro atoms. The van der Waals surface area contributed by atoms with Crippen molar-refractivity contribution in [2.45, 2.75) is 21.8 Å². The van der Waals surface area contributed by atoms with Crippen LogP contribution in [0.15, 0.2) is 58.7 Å². The van der Waals surface area contributed by atoms with Crippen molar-refractivity contribution < 1.29 is 39.9 Å². The molecule has 0 saturated carbocycles. The number of aromatic nitrogens is 2. The van der Waals surface area contributed by atoms with E-state index in [0.29, 0.717) is 5.69 Å². The number of benzene rings is 2. The number of ether oxygens (including phenoxy) is 1. The Labute approximate surface area is 182 Å². The number of nitrogens with one attached hydrogen (secondary N) is 1. The molecule has 1 heterocycles. The van der Waals surface area contributed by atoms with Gasteiger partial charge in [0, 0.05) is 29.1 Å². The number of halogens is 1. The summed E-state index contributed by atoms with van der Waals surface area (Å²) in [6.07, 6.45) is 2.96. The van der Waals surface area contributed by atoms with Crippen LogP contribution in [0.25, 0.3) is 10.8 Å². The van der Waals surface area contributed by atoms with Gasteiger partial charge in [0.05, 0.1) is 13.4 Å². The molecule has 3 aromatic rings. The highest BCUT2D eigenvalue weighted by Crippen LogP contribution is 2.28. The van der Waals surface area contributed by atoms with Crippen LogP contribution in [-0.4, -0.2) is 61.2 Å². The van der Waals surface area contributed by atoms with Crippen LogP contribution >= 0.6 is 0 Å². The summed E-state index contributed by atoms with van der Waals surface area (Å²) in [5.41, 5.74) is 4.51. The quantitative estimate of drug-likeness (QED) is 0.288. The molecule has 0 unspecified atom stereocenters. The molecular formula is C18H20FN3O8S2. The van der Waals surface area contributed by atoms with Gasteiger partial charge in [-0.2, -0.15) is 16.8 Å². The predicted octanol–water partition coefficient (Wildman–Crippen LogP) is 1.13. The molecule has 0 aliphatic heterocycles. The monoisotopic (exact) mass is 489 g/mol. The van der Waals surface area contributed by atoms with E-state index in [9.17, 15) is 26.0 Å². The van der Waals surface area contributed by atoms with Gasteiger partial charge in [0.15, 0.2) is 0 Å². The Balaban J connectivity index is 0.000000235. The standard InChI is InChI=1S/C10H8O6S2.C8H12FN3O2/c11-17(12,13)9-5-1-3-7-8(9)4-2-6-10(7)18(14,15)16;1-14-7(13)8(10,4-9)2-6-3-11-5-12-6/h1-6H,(H,11,12,13)(H,14,15,16);3,5H,2,4,10H2,1H3,(H,11,12)/t;8-/m.1/s1. The number of methoxy groups -OCH3 is 1. The van der Waals surface area contributed by atoms with Crippen LogP contribution in [0.5, 0.6) is 0 Å². The van der Waals surface area contributed by atoms with Gasteiger partial charge < -0.3 is 15.5 Å². The molecule has 0 saturated heterocycles. The largest absolute Gasteiger partial charge is 0.468 e. The van der Waals surface area contributed by atoms with Crippen LogP contribution in [0.2, 0.25) is 0 Å². The molecule has 0 radical (unpaired) electrons. The number of fused-ring (bicyclic) bond motifs is 1. The third-order valence-corrected chi connectivity index (χ3v) is 6.11. The lowest BCUT2D eigenvalue weighted by molar-refractivity contribution is -0.147. The minimum Gasteiger partial charge on any atom is -0.468 e. The Bertz CT molecular complexity index is 1240. The van der Waals surface area contributed by atoms with E-state index in [1.165, 1.54) is 43.9 Å². The maximum absolute atomic E-state index is 12.6. The molecule has 14 heteroatoms. The van der Waals surface area contributed by atoms with Crippen molar-refractivity contribution in [3.63, 3.8) is 0 Å². The van der Waals surface area contributed by atoms with Gasteiger partial charge in [0.25, 0.3) is 20.2 Å². The van der Waals surface area contributed by atoms with E-state index < -0.39 is 48.2 Å². The van der Waals surface area contributed by atoms with Gasteiger partial charge in [-0.3, -0.25) is 9.11 Å². The molecular weight excluding hydrogens is 469 g/mol. The Hall–Kier alpha value is -2.91. The second-order valence-electron chi connectivity index (χ2n) is 6.59. The number of hydrogen-bond donors (Lipinski definition) is 4. The van der Waals surface area contributed by atoms with Crippen molar-refractivity contribution in [2.24, 2.45) is 5.73 Å². The van der Waals surface area contributed by atoms with Crippen molar-refractivity contribution in [1.82, 2.24) is 9.97 Å². The average molecular weight is 490 g/mol. The number of nitrogens with two attached hydrogens (primary N) is 1. The third kappa shape index (κ3) is 5.86. The zero-order valence-corrected chi connectivity index (χ0v) is 18.2. The van der Waals surface area contributed by atoms with Crippen molar-refractivity contribution in [1.29, 1.82) is 0 Å². The molecule has 1 aromatic heterocycles. The Morgan fingerprint density at radius 3 is 1.94 bits per heavy atom. The fourth-order valence-electron chi connectivity index (χ4n) is 2.80. The zero-order chi connectivity index (χ0) is 24.2. The number of aromatic amines is 1. The van der Waals surface area contributed by atoms with Crippen LogP contribution in [0.4, 0.5) is 4.39 Å². The van der Waals surface area contributed by atoms with Gasteiger partial charge in [0.2, 0.25) is 0 Å². The van der Waals surface area contributed by atoms with Crippen LogP contribution < -0.4 is 5.73 Å². The lowest BCUT2D eigenvalue weighted by atomic mass is 9.97. The summed E-state index contributed by atoms with van der Waals surface area (Å²) in [5, 5.41) is 0.0465. The SMILES string of the molecule is COC(=O)[C@](N)(CF)Cc1cnc[nH]1.O=S(=O)(O)c1cccc2c(S(=O)(=O)O)cccc12. The number of alkyl halides is 1. The van der Waals surface area contributed by atoms with E-state index >= 15 is 0 Å². The lowest BCUT2D eigenvalue weighted by Crippen LogP contribution is -2.52. The minimum absolute atomic E-state index is 0.0233. The van der Waals surface area contributed by atoms with Gasteiger partial charge in [-0.05, 0) is 12.1 Å². The van der Waals surface area contributed by atoms with Crippen LogP contribution in [-0.2, 0) is 36.2 Å². The molecule has 0 fully saturated rings. The number of esters is 1. The summed E-state index contributed by atoms with van der Waals surface area (Å²) in [5.74, 6) is -0.769. The van der Waals surface area contributed by atoms with Crippen molar-refractivity contribution in [3.8, 4) is 0 Å². The molecule has 5 N–H and O–H groups in total. The minimum atomic E-state index is -4.47. The fourth-order valence-corrected chi connectivity index (χ4v) is 4.21. The number of carbonyl (C=O) groups excluding carboxylic acids is 1. The summed E-state index contributed by atoms with van der Waals surface area (Å²) in [7, 11) is -7.76. The zero-order valence-electron chi connectivity index (χ0n) is 16.6. The van der Waals surface area contributed by atoms with Crippen LogP contribution in [0.3, 0.4) is 0 Å². The molecule has 0 amide bonds. The first-order valence-corrected chi connectivity index (χ1v) is 11.6. The second-order valence-corrected chi connectivity index (χ2v) is 9.37. The molecule has 1 atom stereocenters. The molecule has 0 aliphatic rings. The van der Waals surface area contributed by atoms with E-state index in [1.54, 1.807) is 0 Å². The normalized spacial score (nSPS) is 13.7. The van der Waals surface area contributed by atoms with E-state index in [1.807, 2.05) is 0 Å². The second kappa shape index (κ2) is 9.70. The highest BCUT2D eigenvalue weighted by atomic mass is 32.2. The van der Waals surface area contributed by atoms with Gasteiger partial charge >= 0.3 is 5.97 Å². The number of carbonyl (C=O) groups is 1. The number of nitrogens with zero attached hydrogens (tertiary/aromatic N) is 1. The van der Waals surface area contributed by atoms with E-state index in [-0.39, 0.29) is 17.2 Å².